The smallest absolute Gasteiger partial charge is 0.407 e. The molecule has 4 aromatic rings. The maximum atomic E-state index is 14.6. The fourth-order valence-corrected chi connectivity index (χ4v) is 7.03. The molecule has 0 aliphatic carbocycles. The zero-order valence-corrected chi connectivity index (χ0v) is 33.5. The zero-order valence-electron chi connectivity index (χ0n) is 32.7. The number of amides is 4. The highest BCUT2D eigenvalue weighted by Crippen LogP contribution is 2.43. The van der Waals surface area contributed by atoms with Gasteiger partial charge in [0, 0.05) is 58.9 Å². The molecule has 14 heteroatoms. The predicted octanol–water partition coefficient (Wildman–Crippen LogP) is 7.07. The second-order valence-electron chi connectivity index (χ2n) is 14.3. The number of aromatic nitrogens is 1. The lowest BCUT2D eigenvalue weighted by Crippen LogP contribution is -2.32. The van der Waals surface area contributed by atoms with Gasteiger partial charge in [0.15, 0.2) is 5.69 Å². The fraction of sp³-hybridized carbons (Fsp3) is 0.381. The third kappa shape index (κ3) is 10.5. The van der Waals surface area contributed by atoms with Crippen molar-refractivity contribution < 1.29 is 38.2 Å². The molecule has 296 valence electrons. The molecular formula is C42H49N5O8S. The number of unbranched alkanes of at least 4 members (excludes halogenated alkanes) is 1. The Hall–Kier alpha value is -5.76. The van der Waals surface area contributed by atoms with Gasteiger partial charge < -0.3 is 35.5 Å². The standard InChI is InChI=1S/C42H49N5O8S/c1-7-9-17-43-35(48)21-27-20-25(24-45-41(52)55-42(3,4)5)10-12-32(27)47-38(49)30-22-31-34(54-18-14-26-15-19-56-37(26)31)23-29(30)28-11-13-33(39(50)44-16-8-2)46-36(28)40(51)53-6/h10-13,15,19-20,22-23H,7-9,14,16-18,21,24H2,1-6H3,(H,43,48)(H,44,50)(H,45,52)(H,47,49). The highest BCUT2D eigenvalue weighted by molar-refractivity contribution is 7.13. The van der Waals surface area contributed by atoms with Crippen molar-refractivity contribution in [2.24, 2.45) is 0 Å². The number of nitrogens with one attached hydrogen (secondary N) is 4. The van der Waals surface area contributed by atoms with E-state index in [-0.39, 0.29) is 41.4 Å². The number of thiophene rings is 1. The van der Waals surface area contributed by atoms with Gasteiger partial charge in [-0.25, -0.2) is 14.6 Å². The summed E-state index contributed by atoms with van der Waals surface area (Å²) in [6, 6.07) is 13.8. The molecule has 4 amide bonds. The van der Waals surface area contributed by atoms with Crippen LogP contribution in [0.3, 0.4) is 0 Å². The Bertz CT molecular complexity index is 2100. The molecule has 3 heterocycles. The number of anilines is 1. The lowest BCUT2D eigenvalue weighted by Gasteiger charge is -2.20. The Balaban J connectivity index is 1.59. The van der Waals surface area contributed by atoms with E-state index in [4.69, 9.17) is 14.2 Å². The maximum absolute atomic E-state index is 14.6. The molecule has 5 rings (SSSR count). The molecule has 0 spiro atoms. The van der Waals surface area contributed by atoms with E-state index in [1.807, 2.05) is 25.3 Å². The molecule has 0 radical (unpaired) electrons. The molecule has 1 aliphatic heterocycles. The topological polar surface area (TPSA) is 174 Å². The van der Waals surface area contributed by atoms with E-state index < -0.39 is 29.5 Å². The first-order valence-corrected chi connectivity index (χ1v) is 19.6. The van der Waals surface area contributed by atoms with Crippen molar-refractivity contribution in [1.29, 1.82) is 0 Å². The summed E-state index contributed by atoms with van der Waals surface area (Å²) in [5.74, 6) is -1.48. The van der Waals surface area contributed by atoms with Crippen molar-refractivity contribution in [3.05, 3.63) is 87.6 Å². The summed E-state index contributed by atoms with van der Waals surface area (Å²) < 4.78 is 16.7. The molecule has 4 N–H and O–H groups in total. The Kier molecular flexibility index (Phi) is 13.8. The molecule has 1 aliphatic rings. The maximum Gasteiger partial charge on any atom is 0.407 e. The third-order valence-electron chi connectivity index (χ3n) is 8.77. The number of pyridine rings is 1. The van der Waals surface area contributed by atoms with Crippen molar-refractivity contribution in [1.82, 2.24) is 20.9 Å². The molecule has 13 nitrogen and oxygen atoms in total. The first-order valence-electron chi connectivity index (χ1n) is 18.7. The van der Waals surface area contributed by atoms with Crippen LogP contribution < -0.4 is 26.0 Å². The Labute approximate surface area is 330 Å². The average molecular weight is 784 g/mol. The number of hydrogen-bond acceptors (Lipinski definition) is 10. The Morgan fingerprint density at radius 3 is 2.41 bits per heavy atom. The van der Waals surface area contributed by atoms with Crippen molar-refractivity contribution >= 4 is 46.8 Å². The molecule has 0 fully saturated rings. The largest absolute Gasteiger partial charge is 0.493 e. The van der Waals surface area contributed by atoms with Gasteiger partial charge >= 0.3 is 12.1 Å². The number of rotatable bonds is 14. The first kappa shape index (κ1) is 41.4. The SMILES string of the molecule is CCCCNC(=O)Cc1cc(CNC(=O)OC(C)(C)C)ccc1NC(=O)c1cc2c(cc1-c1ccc(C(=O)NCCC)nc1C(=O)OC)OCCc1ccsc1-2. The zero-order chi connectivity index (χ0) is 40.4. The van der Waals surface area contributed by atoms with Gasteiger partial charge in [-0.3, -0.25) is 14.4 Å². The molecule has 56 heavy (non-hydrogen) atoms. The summed E-state index contributed by atoms with van der Waals surface area (Å²) in [6.45, 7) is 10.7. The molecule has 2 aromatic heterocycles. The van der Waals surface area contributed by atoms with E-state index in [0.29, 0.717) is 66.2 Å². The van der Waals surface area contributed by atoms with Crippen LogP contribution in [0.1, 0.15) is 102 Å². The average Bonchev–Trinajstić information content (AvgIpc) is 3.56. The van der Waals surface area contributed by atoms with Crippen LogP contribution in [-0.4, -0.2) is 67.2 Å². The van der Waals surface area contributed by atoms with Crippen molar-refractivity contribution in [3.8, 4) is 27.3 Å². The number of carbonyl (C=O) groups excluding carboxylic acids is 5. The minimum Gasteiger partial charge on any atom is -0.493 e. The van der Waals surface area contributed by atoms with E-state index in [9.17, 15) is 24.0 Å². The number of nitrogens with zero attached hydrogens (tertiary/aromatic N) is 1. The highest BCUT2D eigenvalue weighted by atomic mass is 32.1. The van der Waals surface area contributed by atoms with Crippen LogP contribution in [-0.2, 0) is 33.7 Å². The van der Waals surface area contributed by atoms with Gasteiger partial charge in [-0.05, 0) is 92.1 Å². The number of esters is 1. The second kappa shape index (κ2) is 18.7. The molecule has 2 aromatic carbocycles. The van der Waals surface area contributed by atoms with Gasteiger partial charge in [-0.1, -0.05) is 32.4 Å². The summed E-state index contributed by atoms with van der Waals surface area (Å²) in [4.78, 5) is 71.7. The van der Waals surface area contributed by atoms with Crippen LogP contribution in [0.5, 0.6) is 5.75 Å². The monoisotopic (exact) mass is 783 g/mol. The van der Waals surface area contributed by atoms with Crippen LogP contribution in [0, 0.1) is 0 Å². The molecule has 0 unspecified atom stereocenters. The minimum atomic E-state index is -0.792. The van der Waals surface area contributed by atoms with Crippen LogP contribution in [0.4, 0.5) is 10.5 Å². The van der Waals surface area contributed by atoms with Gasteiger partial charge in [0.1, 0.15) is 17.0 Å². The Morgan fingerprint density at radius 1 is 0.875 bits per heavy atom. The van der Waals surface area contributed by atoms with E-state index in [1.54, 1.807) is 57.2 Å². The van der Waals surface area contributed by atoms with E-state index in [0.717, 1.165) is 23.3 Å². The fourth-order valence-electron chi connectivity index (χ4n) is 6.05. The van der Waals surface area contributed by atoms with E-state index >= 15 is 0 Å². The predicted molar refractivity (Wildman–Crippen MR) is 215 cm³/mol. The highest BCUT2D eigenvalue weighted by Gasteiger charge is 2.28. The summed E-state index contributed by atoms with van der Waals surface area (Å²) >= 11 is 1.53. The summed E-state index contributed by atoms with van der Waals surface area (Å²) in [5, 5.41) is 13.5. The van der Waals surface area contributed by atoms with Crippen molar-refractivity contribution in [2.45, 2.75) is 78.9 Å². The summed E-state index contributed by atoms with van der Waals surface area (Å²) in [5.41, 5.74) is 3.36. The van der Waals surface area contributed by atoms with Gasteiger partial charge in [-0.2, -0.15) is 0 Å². The summed E-state index contributed by atoms with van der Waals surface area (Å²) in [7, 11) is 1.22. The number of hydrogen-bond donors (Lipinski definition) is 4. The Morgan fingerprint density at radius 2 is 1.68 bits per heavy atom. The molecule has 0 saturated carbocycles. The third-order valence-corrected chi connectivity index (χ3v) is 9.76. The van der Waals surface area contributed by atoms with Crippen LogP contribution in [0.25, 0.3) is 21.6 Å². The molecule has 0 bridgehead atoms. The normalized spacial score (nSPS) is 11.9. The minimum absolute atomic E-state index is 0.0194. The molecule has 0 saturated heterocycles. The second-order valence-corrected chi connectivity index (χ2v) is 15.2. The van der Waals surface area contributed by atoms with Gasteiger partial charge in [0.05, 0.1) is 20.1 Å². The van der Waals surface area contributed by atoms with Crippen LogP contribution in [0.2, 0.25) is 0 Å². The number of carbonyl (C=O) groups is 5. The number of alkyl carbamates (subject to hydrolysis) is 1. The number of ether oxygens (including phenoxy) is 3. The van der Waals surface area contributed by atoms with Crippen LogP contribution >= 0.6 is 11.3 Å². The number of benzene rings is 2. The van der Waals surface area contributed by atoms with E-state index in [1.165, 1.54) is 24.5 Å². The molecular weight excluding hydrogens is 735 g/mol. The summed E-state index contributed by atoms with van der Waals surface area (Å²) in [6.07, 6.45) is 2.48. The van der Waals surface area contributed by atoms with Gasteiger partial charge in [0.25, 0.3) is 11.8 Å². The van der Waals surface area contributed by atoms with Gasteiger partial charge in [-0.15, -0.1) is 11.3 Å². The van der Waals surface area contributed by atoms with Gasteiger partial charge in [0.2, 0.25) is 5.91 Å². The van der Waals surface area contributed by atoms with Crippen LogP contribution in [0.15, 0.2) is 53.9 Å². The van der Waals surface area contributed by atoms with E-state index in [2.05, 4.69) is 26.3 Å². The first-order chi connectivity index (χ1) is 26.8. The van der Waals surface area contributed by atoms with Crippen molar-refractivity contribution in [2.75, 3.05) is 32.1 Å². The number of fused-ring (bicyclic) bond motifs is 3. The van der Waals surface area contributed by atoms with Crippen molar-refractivity contribution in [3.63, 3.8) is 0 Å². The number of methoxy groups -OCH3 is 1. The quantitative estimate of drug-likeness (QED) is 0.0770. The lowest BCUT2D eigenvalue weighted by atomic mass is 9.93. The lowest BCUT2D eigenvalue weighted by molar-refractivity contribution is -0.120. The molecule has 0 atom stereocenters.